The molecule has 1 aromatic carbocycles. The number of nitrogens with two attached hydrogens (primary N) is 1. The molecule has 1 aliphatic heterocycles. The monoisotopic (exact) mass is 286 g/mol. The van der Waals surface area contributed by atoms with Crippen molar-refractivity contribution in [2.75, 3.05) is 16.4 Å². The molecule has 0 radical (unpaired) electrons. The van der Waals surface area contributed by atoms with Gasteiger partial charge in [0.15, 0.2) is 0 Å². The molecule has 2 aromatic rings. The van der Waals surface area contributed by atoms with Gasteiger partial charge in [0.2, 0.25) is 11.8 Å². The Bertz CT molecular complexity index is 678. The van der Waals surface area contributed by atoms with E-state index >= 15 is 0 Å². The predicted molar refractivity (Wildman–Crippen MR) is 81.0 cm³/mol. The third kappa shape index (κ3) is 2.84. The van der Waals surface area contributed by atoms with Crippen LogP contribution in [0.25, 0.3) is 0 Å². The van der Waals surface area contributed by atoms with E-state index in [4.69, 9.17) is 10.2 Å². The average Bonchev–Trinajstić information content (AvgIpc) is 2.93. The van der Waals surface area contributed by atoms with E-state index in [0.29, 0.717) is 24.5 Å². The quantitative estimate of drug-likeness (QED) is 0.750. The number of aryl methyl sites for hydroxylation is 2. The Morgan fingerprint density at radius 3 is 3.05 bits per heavy atom. The molecular weight excluding hydrogens is 268 g/mol. The first-order valence-electron chi connectivity index (χ1n) is 7.05. The van der Waals surface area contributed by atoms with Crippen LogP contribution in [0.1, 0.15) is 30.6 Å². The van der Waals surface area contributed by atoms with Crippen LogP contribution in [-0.2, 0) is 24.2 Å². The van der Waals surface area contributed by atoms with Gasteiger partial charge in [-0.15, -0.1) is 0 Å². The van der Waals surface area contributed by atoms with Gasteiger partial charge >= 0.3 is 0 Å². The second-order valence-electron chi connectivity index (χ2n) is 5.07. The topological polar surface area (TPSA) is 93.2 Å². The van der Waals surface area contributed by atoms with E-state index in [2.05, 4.69) is 15.6 Å². The number of oxazole rings is 1. The lowest BCUT2D eigenvalue weighted by Gasteiger charge is -2.19. The maximum Gasteiger partial charge on any atom is 0.224 e. The van der Waals surface area contributed by atoms with Crippen molar-refractivity contribution in [3.05, 3.63) is 35.5 Å². The van der Waals surface area contributed by atoms with Crippen molar-refractivity contribution in [1.29, 1.82) is 0 Å². The molecular formula is C15H18N4O2. The summed E-state index contributed by atoms with van der Waals surface area (Å²) >= 11 is 0. The number of hydrogen-bond donors (Lipinski definition) is 3. The van der Waals surface area contributed by atoms with Gasteiger partial charge in [-0.05, 0) is 24.1 Å². The van der Waals surface area contributed by atoms with E-state index in [9.17, 15) is 4.79 Å². The van der Waals surface area contributed by atoms with Crippen molar-refractivity contribution in [3.63, 3.8) is 0 Å². The molecule has 1 aliphatic rings. The summed E-state index contributed by atoms with van der Waals surface area (Å²) in [6.07, 6.45) is 3.81. The fraction of sp³-hybridized carbons (Fsp3) is 0.333. The number of hydrogen-bond acceptors (Lipinski definition) is 5. The van der Waals surface area contributed by atoms with Gasteiger partial charge in [0.1, 0.15) is 5.76 Å². The van der Waals surface area contributed by atoms with Crippen molar-refractivity contribution in [2.45, 2.75) is 32.7 Å². The van der Waals surface area contributed by atoms with Crippen LogP contribution in [0, 0.1) is 0 Å². The smallest absolute Gasteiger partial charge is 0.224 e. The van der Waals surface area contributed by atoms with E-state index < -0.39 is 0 Å². The number of nitrogens with one attached hydrogen (secondary N) is 2. The normalized spacial score (nSPS) is 13.7. The minimum atomic E-state index is 0.0366. The zero-order valence-electron chi connectivity index (χ0n) is 11.9. The van der Waals surface area contributed by atoms with E-state index in [1.54, 1.807) is 12.3 Å². The highest BCUT2D eigenvalue weighted by Crippen LogP contribution is 2.31. The van der Waals surface area contributed by atoms with Crippen LogP contribution in [-0.4, -0.2) is 10.9 Å². The molecule has 110 valence electrons. The van der Waals surface area contributed by atoms with Gasteiger partial charge in [-0.1, -0.05) is 6.92 Å². The summed E-state index contributed by atoms with van der Waals surface area (Å²) in [6.45, 7) is 2.50. The number of amides is 1. The molecule has 0 unspecified atom stereocenters. The van der Waals surface area contributed by atoms with Gasteiger partial charge in [0.05, 0.1) is 24.1 Å². The van der Waals surface area contributed by atoms with Gasteiger partial charge in [-0.2, -0.15) is 0 Å². The van der Waals surface area contributed by atoms with Gasteiger partial charge < -0.3 is 20.8 Å². The first-order valence-corrected chi connectivity index (χ1v) is 7.05. The van der Waals surface area contributed by atoms with Crippen LogP contribution >= 0.6 is 0 Å². The SMILES string of the molecule is CCc1cnc(CNc2cc3c(cc2N)NC(=O)CC3)o1. The van der Waals surface area contributed by atoms with E-state index in [-0.39, 0.29) is 5.91 Å². The summed E-state index contributed by atoms with van der Waals surface area (Å²) in [5.41, 5.74) is 9.35. The number of nitrogen functional groups attached to an aromatic ring is 1. The molecule has 0 saturated carbocycles. The Kier molecular flexibility index (Phi) is 3.51. The van der Waals surface area contributed by atoms with Crippen molar-refractivity contribution in [2.24, 2.45) is 0 Å². The van der Waals surface area contributed by atoms with Crippen LogP contribution < -0.4 is 16.4 Å². The number of nitrogens with zero attached hydrogens (tertiary/aromatic N) is 1. The van der Waals surface area contributed by atoms with Crippen LogP contribution in [0.2, 0.25) is 0 Å². The predicted octanol–water partition coefficient (Wildman–Crippen LogP) is 2.32. The third-order valence-corrected chi connectivity index (χ3v) is 3.55. The Morgan fingerprint density at radius 2 is 2.29 bits per heavy atom. The Morgan fingerprint density at radius 1 is 1.43 bits per heavy atom. The molecule has 6 heteroatoms. The summed E-state index contributed by atoms with van der Waals surface area (Å²) in [7, 11) is 0. The van der Waals surface area contributed by atoms with E-state index in [1.807, 2.05) is 13.0 Å². The minimum Gasteiger partial charge on any atom is -0.444 e. The minimum absolute atomic E-state index is 0.0366. The maximum atomic E-state index is 11.4. The highest BCUT2D eigenvalue weighted by Gasteiger charge is 2.16. The zero-order chi connectivity index (χ0) is 14.8. The van der Waals surface area contributed by atoms with Gasteiger partial charge in [0, 0.05) is 18.5 Å². The molecule has 6 nitrogen and oxygen atoms in total. The first-order chi connectivity index (χ1) is 10.2. The third-order valence-electron chi connectivity index (χ3n) is 3.55. The van der Waals surface area contributed by atoms with Crippen LogP contribution in [0.3, 0.4) is 0 Å². The molecule has 0 aliphatic carbocycles. The maximum absolute atomic E-state index is 11.4. The molecule has 1 aromatic heterocycles. The highest BCUT2D eigenvalue weighted by atomic mass is 16.4. The Labute approximate surface area is 122 Å². The summed E-state index contributed by atoms with van der Waals surface area (Å²) in [4.78, 5) is 15.6. The number of carbonyl (C=O) groups excluding carboxylic acids is 1. The number of aromatic nitrogens is 1. The van der Waals surface area contributed by atoms with Crippen LogP contribution in [0.5, 0.6) is 0 Å². The molecule has 21 heavy (non-hydrogen) atoms. The zero-order valence-corrected chi connectivity index (χ0v) is 11.9. The summed E-state index contributed by atoms with van der Waals surface area (Å²) in [5.74, 6) is 1.54. The first kappa shape index (κ1) is 13.5. The van der Waals surface area contributed by atoms with Crippen LogP contribution in [0.15, 0.2) is 22.7 Å². The van der Waals surface area contributed by atoms with E-state index in [0.717, 1.165) is 35.5 Å². The van der Waals surface area contributed by atoms with Crippen molar-refractivity contribution >= 4 is 23.0 Å². The number of fused-ring (bicyclic) bond motifs is 1. The van der Waals surface area contributed by atoms with Crippen molar-refractivity contribution in [3.8, 4) is 0 Å². The molecule has 1 amide bonds. The molecule has 0 bridgehead atoms. The average molecular weight is 286 g/mol. The number of rotatable bonds is 4. The summed E-state index contributed by atoms with van der Waals surface area (Å²) in [5, 5.41) is 6.07. The number of benzene rings is 1. The summed E-state index contributed by atoms with van der Waals surface area (Å²) in [6, 6.07) is 3.77. The second-order valence-corrected chi connectivity index (χ2v) is 5.07. The standard InChI is InChI=1S/C15H18N4O2/c1-2-10-7-18-15(21-10)8-17-13-5-9-3-4-14(20)19-12(9)6-11(13)16/h5-7,17H,2-4,8,16H2,1H3,(H,19,20). The number of anilines is 3. The molecule has 2 heterocycles. The van der Waals surface area contributed by atoms with E-state index in [1.165, 1.54) is 0 Å². The molecule has 0 atom stereocenters. The Hall–Kier alpha value is -2.50. The molecule has 4 N–H and O–H groups in total. The van der Waals surface area contributed by atoms with Crippen LogP contribution in [0.4, 0.5) is 17.1 Å². The van der Waals surface area contributed by atoms with Crippen molar-refractivity contribution in [1.82, 2.24) is 4.98 Å². The lowest BCUT2D eigenvalue weighted by atomic mass is 10.0. The lowest BCUT2D eigenvalue weighted by Crippen LogP contribution is -2.19. The molecule has 3 rings (SSSR count). The highest BCUT2D eigenvalue weighted by molar-refractivity contribution is 5.95. The molecule has 0 spiro atoms. The van der Waals surface area contributed by atoms with Gasteiger partial charge in [0.25, 0.3) is 0 Å². The second kappa shape index (κ2) is 5.47. The van der Waals surface area contributed by atoms with Gasteiger partial charge in [-0.25, -0.2) is 4.98 Å². The largest absolute Gasteiger partial charge is 0.444 e. The number of carbonyl (C=O) groups is 1. The summed E-state index contributed by atoms with van der Waals surface area (Å²) < 4.78 is 5.55. The lowest BCUT2D eigenvalue weighted by molar-refractivity contribution is -0.116. The van der Waals surface area contributed by atoms with Gasteiger partial charge in [-0.3, -0.25) is 4.79 Å². The van der Waals surface area contributed by atoms with Crippen molar-refractivity contribution < 1.29 is 9.21 Å². The fourth-order valence-corrected chi connectivity index (χ4v) is 2.36. The fourth-order valence-electron chi connectivity index (χ4n) is 2.36. The molecule has 0 saturated heterocycles. The molecule has 0 fully saturated rings. The Balaban J connectivity index is 1.75.